The van der Waals surface area contributed by atoms with Gasteiger partial charge in [0.05, 0.1) is 19.9 Å². The van der Waals surface area contributed by atoms with Gasteiger partial charge in [-0.1, -0.05) is 12.1 Å². The monoisotopic (exact) mass is 422 g/mol. The van der Waals surface area contributed by atoms with Crippen LogP contribution in [-0.2, 0) is 0 Å². The average Bonchev–Trinajstić information content (AvgIpc) is 3.43. The number of nitrogens with one attached hydrogen (secondary N) is 1. The summed E-state index contributed by atoms with van der Waals surface area (Å²) in [6.45, 7) is 0. The Labute approximate surface area is 177 Å². The Balaban J connectivity index is 1.73. The first kappa shape index (κ1) is 19.7. The second-order valence-corrected chi connectivity index (χ2v) is 7.33. The molecule has 0 saturated heterocycles. The van der Waals surface area contributed by atoms with Gasteiger partial charge >= 0.3 is 0 Å². The molecule has 2 aromatic heterocycles. The highest BCUT2D eigenvalue weighted by molar-refractivity contribution is 7.13. The number of anilines is 1. The van der Waals surface area contributed by atoms with Gasteiger partial charge in [-0.25, -0.2) is 4.39 Å². The molecule has 152 valence electrons. The molecule has 0 bridgehead atoms. The van der Waals surface area contributed by atoms with Gasteiger partial charge in [0.25, 0.3) is 5.91 Å². The zero-order valence-corrected chi connectivity index (χ0v) is 17.2. The molecule has 0 aliphatic rings. The van der Waals surface area contributed by atoms with Crippen LogP contribution < -0.4 is 14.8 Å². The van der Waals surface area contributed by atoms with Gasteiger partial charge in [-0.05, 0) is 42.0 Å². The highest BCUT2D eigenvalue weighted by atomic mass is 32.1. The van der Waals surface area contributed by atoms with Crippen molar-refractivity contribution in [3.8, 4) is 28.3 Å². The van der Waals surface area contributed by atoms with E-state index in [2.05, 4.69) is 5.32 Å². The van der Waals surface area contributed by atoms with E-state index in [1.807, 2.05) is 40.5 Å². The highest BCUT2D eigenvalue weighted by Gasteiger charge is 2.21. The van der Waals surface area contributed by atoms with Crippen molar-refractivity contribution in [3.05, 3.63) is 83.1 Å². The lowest BCUT2D eigenvalue weighted by molar-refractivity contribution is 0.103. The van der Waals surface area contributed by atoms with E-state index >= 15 is 0 Å². The van der Waals surface area contributed by atoms with Gasteiger partial charge in [-0.2, -0.15) is 0 Å². The summed E-state index contributed by atoms with van der Waals surface area (Å²) in [6.07, 6.45) is 3.72. The molecule has 4 aromatic rings. The van der Waals surface area contributed by atoms with Crippen LogP contribution in [0.15, 0.2) is 72.4 Å². The maximum atomic E-state index is 13.8. The molecule has 0 aliphatic heterocycles. The third-order valence-electron chi connectivity index (χ3n) is 4.61. The Morgan fingerprint density at radius 1 is 1.00 bits per heavy atom. The standard InChI is InChI=1S/C23H19FN2O3S/c1-28-19-9-8-17(13-20(19)29-2)25-23(27)22-21(26-10-3-4-11-26)18(14-30-22)15-6-5-7-16(24)12-15/h3-14H,1-2H3,(H,25,27). The molecule has 30 heavy (non-hydrogen) atoms. The summed E-state index contributed by atoms with van der Waals surface area (Å²) in [5, 5.41) is 4.78. The molecule has 0 saturated carbocycles. The minimum atomic E-state index is -0.325. The van der Waals surface area contributed by atoms with E-state index in [0.29, 0.717) is 33.3 Å². The number of hydrogen-bond acceptors (Lipinski definition) is 4. The first-order valence-corrected chi connectivity index (χ1v) is 10.0. The summed E-state index contributed by atoms with van der Waals surface area (Å²) >= 11 is 1.31. The minimum absolute atomic E-state index is 0.265. The van der Waals surface area contributed by atoms with Crippen LogP contribution >= 0.6 is 11.3 Å². The van der Waals surface area contributed by atoms with Crippen LogP contribution in [0.25, 0.3) is 16.8 Å². The third-order valence-corrected chi connectivity index (χ3v) is 5.58. The molecular weight excluding hydrogens is 403 g/mol. The molecule has 0 unspecified atom stereocenters. The molecule has 7 heteroatoms. The fraction of sp³-hybridized carbons (Fsp3) is 0.0870. The van der Waals surface area contributed by atoms with Crippen LogP contribution in [0.1, 0.15) is 9.67 Å². The molecule has 5 nitrogen and oxygen atoms in total. The van der Waals surface area contributed by atoms with Crippen LogP contribution in [0, 0.1) is 5.82 Å². The van der Waals surface area contributed by atoms with Crippen molar-refractivity contribution in [3.63, 3.8) is 0 Å². The largest absolute Gasteiger partial charge is 0.493 e. The Bertz CT molecular complexity index is 1190. The molecule has 0 spiro atoms. The number of amides is 1. The van der Waals surface area contributed by atoms with E-state index in [1.165, 1.54) is 30.6 Å². The Hall–Kier alpha value is -3.58. The van der Waals surface area contributed by atoms with Crippen LogP contribution in [-0.4, -0.2) is 24.7 Å². The van der Waals surface area contributed by atoms with Crippen molar-refractivity contribution >= 4 is 22.9 Å². The number of benzene rings is 2. The predicted octanol–water partition coefficient (Wildman–Crippen LogP) is 5.61. The number of aromatic nitrogens is 1. The predicted molar refractivity (Wildman–Crippen MR) is 117 cm³/mol. The van der Waals surface area contributed by atoms with Gasteiger partial charge in [-0.3, -0.25) is 4.79 Å². The number of ether oxygens (including phenoxy) is 2. The number of hydrogen-bond donors (Lipinski definition) is 1. The van der Waals surface area contributed by atoms with E-state index in [9.17, 15) is 9.18 Å². The van der Waals surface area contributed by atoms with Crippen molar-refractivity contribution in [2.45, 2.75) is 0 Å². The van der Waals surface area contributed by atoms with E-state index in [-0.39, 0.29) is 11.7 Å². The van der Waals surface area contributed by atoms with E-state index in [1.54, 1.807) is 31.4 Å². The molecule has 1 N–H and O–H groups in total. The third kappa shape index (κ3) is 3.79. The Kier molecular flexibility index (Phi) is 5.54. The summed E-state index contributed by atoms with van der Waals surface area (Å²) in [7, 11) is 3.09. The quantitative estimate of drug-likeness (QED) is 0.439. The van der Waals surface area contributed by atoms with Crippen molar-refractivity contribution in [1.29, 1.82) is 0 Å². The summed E-state index contributed by atoms with van der Waals surface area (Å²) in [5.74, 6) is 0.507. The Morgan fingerprint density at radius 3 is 2.47 bits per heavy atom. The van der Waals surface area contributed by atoms with Crippen LogP contribution in [0.5, 0.6) is 11.5 Å². The zero-order chi connectivity index (χ0) is 21.1. The Morgan fingerprint density at radius 2 is 1.77 bits per heavy atom. The minimum Gasteiger partial charge on any atom is -0.493 e. The zero-order valence-electron chi connectivity index (χ0n) is 16.4. The summed E-state index contributed by atoms with van der Waals surface area (Å²) < 4.78 is 26.2. The van der Waals surface area contributed by atoms with E-state index in [0.717, 1.165) is 5.56 Å². The highest BCUT2D eigenvalue weighted by Crippen LogP contribution is 2.36. The molecule has 0 aliphatic carbocycles. The number of halogens is 1. The smallest absolute Gasteiger partial charge is 0.267 e. The lowest BCUT2D eigenvalue weighted by Crippen LogP contribution is -2.13. The topological polar surface area (TPSA) is 52.5 Å². The molecule has 0 atom stereocenters. The molecule has 0 radical (unpaired) electrons. The molecule has 4 rings (SSSR count). The number of thiophene rings is 1. The van der Waals surface area contributed by atoms with Gasteiger partial charge in [0.2, 0.25) is 0 Å². The van der Waals surface area contributed by atoms with Gasteiger partial charge < -0.3 is 19.4 Å². The number of rotatable bonds is 6. The molecular formula is C23H19FN2O3S. The second-order valence-electron chi connectivity index (χ2n) is 6.45. The fourth-order valence-electron chi connectivity index (χ4n) is 3.22. The van der Waals surface area contributed by atoms with Crippen LogP contribution in [0.2, 0.25) is 0 Å². The fourth-order valence-corrected chi connectivity index (χ4v) is 4.18. The first-order valence-electron chi connectivity index (χ1n) is 9.15. The average molecular weight is 422 g/mol. The first-order chi connectivity index (χ1) is 14.6. The van der Waals surface area contributed by atoms with Crippen molar-refractivity contribution in [2.24, 2.45) is 0 Å². The number of nitrogens with zero attached hydrogens (tertiary/aromatic N) is 1. The van der Waals surface area contributed by atoms with Crippen molar-refractivity contribution < 1.29 is 18.7 Å². The van der Waals surface area contributed by atoms with E-state index in [4.69, 9.17) is 9.47 Å². The van der Waals surface area contributed by atoms with Gasteiger partial charge in [-0.15, -0.1) is 11.3 Å². The maximum absolute atomic E-state index is 13.8. The van der Waals surface area contributed by atoms with Crippen LogP contribution in [0.3, 0.4) is 0 Å². The summed E-state index contributed by atoms with van der Waals surface area (Å²) in [4.78, 5) is 13.6. The van der Waals surface area contributed by atoms with Crippen molar-refractivity contribution in [2.75, 3.05) is 19.5 Å². The van der Waals surface area contributed by atoms with Crippen molar-refractivity contribution in [1.82, 2.24) is 4.57 Å². The number of methoxy groups -OCH3 is 2. The second kappa shape index (κ2) is 8.42. The van der Waals surface area contributed by atoms with Gasteiger partial charge in [0.15, 0.2) is 11.5 Å². The van der Waals surface area contributed by atoms with Gasteiger partial charge in [0.1, 0.15) is 10.7 Å². The van der Waals surface area contributed by atoms with Crippen LogP contribution in [0.4, 0.5) is 10.1 Å². The summed E-state index contributed by atoms with van der Waals surface area (Å²) in [5.41, 5.74) is 2.78. The summed E-state index contributed by atoms with van der Waals surface area (Å²) in [6, 6.07) is 15.3. The lowest BCUT2D eigenvalue weighted by atomic mass is 10.1. The van der Waals surface area contributed by atoms with Gasteiger partial charge in [0, 0.05) is 35.1 Å². The number of carbonyl (C=O) groups excluding carboxylic acids is 1. The van der Waals surface area contributed by atoms with E-state index < -0.39 is 0 Å². The molecule has 2 aromatic carbocycles. The molecule has 2 heterocycles. The maximum Gasteiger partial charge on any atom is 0.267 e. The lowest BCUT2D eigenvalue weighted by Gasteiger charge is -2.12. The SMILES string of the molecule is COc1ccc(NC(=O)c2scc(-c3cccc(F)c3)c2-n2cccc2)cc1OC. The molecule has 1 amide bonds. The normalized spacial score (nSPS) is 10.6. The number of carbonyl (C=O) groups is 1. The molecule has 0 fully saturated rings.